The maximum atomic E-state index is 11.4. The first kappa shape index (κ1) is 11.2. The molecular formula is C11H19NO2. The Morgan fingerprint density at radius 1 is 1.50 bits per heavy atom. The van der Waals surface area contributed by atoms with E-state index in [9.17, 15) is 9.59 Å². The van der Waals surface area contributed by atoms with Crippen LogP contribution in [0.4, 0.5) is 0 Å². The fraction of sp³-hybridized carbons (Fsp3) is 0.818. The number of hydrogen-bond donors (Lipinski definition) is 1. The van der Waals surface area contributed by atoms with Crippen LogP contribution in [0.5, 0.6) is 0 Å². The molecule has 3 heteroatoms. The van der Waals surface area contributed by atoms with Gasteiger partial charge in [0.15, 0.2) is 0 Å². The molecule has 1 unspecified atom stereocenters. The molecule has 1 atom stereocenters. The zero-order valence-electron chi connectivity index (χ0n) is 8.84. The Morgan fingerprint density at radius 3 is 2.93 bits per heavy atom. The van der Waals surface area contributed by atoms with Gasteiger partial charge in [0, 0.05) is 25.8 Å². The molecule has 0 radical (unpaired) electrons. The van der Waals surface area contributed by atoms with Gasteiger partial charge in [-0.3, -0.25) is 9.59 Å². The zero-order chi connectivity index (χ0) is 10.4. The highest BCUT2D eigenvalue weighted by Crippen LogP contribution is 2.24. The normalized spacial score (nSPS) is 22.1. The van der Waals surface area contributed by atoms with Gasteiger partial charge in [0.1, 0.15) is 5.78 Å². The van der Waals surface area contributed by atoms with Gasteiger partial charge >= 0.3 is 0 Å². The molecule has 80 valence electrons. The van der Waals surface area contributed by atoms with E-state index in [1.54, 1.807) is 0 Å². The Hall–Kier alpha value is -0.860. The Labute approximate surface area is 85.3 Å². The van der Waals surface area contributed by atoms with Gasteiger partial charge in [0.05, 0.1) is 0 Å². The van der Waals surface area contributed by atoms with Crippen molar-refractivity contribution in [1.82, 2.24) is 5.32 Å². The molecule has 0 saturated heterocycles. The third-order valence-electron chi connectivity index (χ3n) is 2.78. The van der Waals surface area contributed by atoms with Crippen molar-refractivity contribution >= 4 is 11.7 Å². The number of carbonyl (C=O) groups is 2. The number of amides is 1. The van der Waals surface area contributed by atoms with Gasteiger partial charge in [0.25, 0.3) is 0 Å². The first-order valence-corrected chi connectivity index (χ1v) is 5.47. The van der Waals surface area contributed by atoms with Gasteiger partial charge in [-0.05, 0) is 25.7 Å². The summed E-state index contributed by atoms with van der Waals surface area (Å²) >= 11 is 0. The lowest BCUT2D eigenvalue weighted by atomic mass is 9.85. The molecular weight excluding hydrogens is 178 g/mol. The summed E-state index contributed by atoms with van der Waals surface area (Å²) in [6, 6.07) is 0. The molecule has 0 spiro atoms. The Kier molecular flexibility index (Phi) is 4.63. The van der Waals surface area contributed by atoms with E-state index in [0.29, 0.717) is 12.3 Å². The average molecular weight is 197 g/mol. The molecule has 1 fully saturated rings. The molecule has 1 amide bonds. The van der Waals surface area contributed by atoms with Gasteiger partial charge in [-0.25, -0.2) is 0 Å². The van der Waals surface area contributed by atoms with Crippen molar-refractivity contribution in [2.45, 2.75) is 45.4 Å². The van der Waals surface area contributed by atoms with Crippen LogP contribution in [0.1, 0.15) is 45.4 Å². The number of hydrogen-bond acceptors (Lipinski definition) is 2. The molecule has 1 N–H and O–H groups in total. The highest BCUT2D eigenvalue weighted by molar-refractivity contribution is 5.81. The van der Waals surface area contributed by atoms with E-state index >= 15 is 0 Å². The number of ketones is 1. The van der Waals surface area contributed by atoms with Crippen molar-refractivity contribution in [3.8, 4) is 0 Å². The van der Waals surface area contributed by atoms with E-state index in [4.69, 9.17) is 0 Å². The highest BCUT2D eigenvalue weighted by atomic mass is 16.1. The summed E-state index contributed by atoms with van der Waals surface area (Å²) in [6.07, 6.45) is 5.95. The Bertz CT molecular complexity index is 213. The van der Waals surface area contributed by atoms with E-state index in [-0.39, 0.29) is 11.8 Å². The fourth-order valence-corrected chi connectivity index (χ4v) is 1.97. The summed E-state index contributed by atoms with van der Waals surface area (Å²) < 4.78 is 0. The lowest BCUT2D eigenvalue weighted by Crippen LogP contribution is -2.24. The van der Waals surface area contributed by atoms with Crippen LogP contribution >= 0.6 is 0 Å². The standard InChI is InChI=1S/C11H19NO2/c1-9(13)12-8-4-6-10-5-2-3-7-11(10)14/h10H,2-8H2,1H3,(H,12,13). The molecule has 0 aromatic carbocycles. The summed E-state index contributed by atoms with van der Waals surface area (Å²) in [4.78, 5) is 22.0. The number of Topliss-reactive ketones (excluding diaryl/α,β-unsaturated/α-hetero) is 1. The van der Waals surface area contributed by atoms with E-state index in [1.165, 1.54) is 13.3 Å². The summed E-state index contributed by atoms with van der Waals surface area (Å²) in [6.45, 7) is 2.23. The second kappa shape index (κ2) is 5.78. The van der Waals surface area contributed by atoms with E-state index < -0.39 is 0 Å². The number of carbonyl (C=O) groups excluding carboxylic acids is 2. The van der Waals surface area contributed by atoms with Crippen LogP contribution in [0.15, 0.2) is 0 Å². The van der Waals surface area contributed by atoms with Crippen molar-refractivity contribution in [2.75, 3.05) is 6.54 Å². The van der Waals surface area contributed by atoms with Gasteiger partial charge < -0.3 is 5.32 Å². The van der Waals surface area contributed by atoms with Crippen LogP contribution < -0.4 is 5.32 Å². The van der Waals surface area contributed by atoms with Crippen molar-refractivity contribution in [3.05, 3.63) is 0 Å². The monoisotopic (exact) mass is 197 g/mol. The summed E-state index contributed by atoms with van der Waals surface area (Å²) in [7, 11) is 0. The molecule has 1 aliphatic rings. The highest BCUT2D eigenvalue weighted by Gasteiger charge is 2.21. The smallest absolute Gasteiger partial charge is 0.216 e. The van der Waals surface area contributed by atoms with Crippen LogP contribution in [-0.2, 0) is 9.59 Å². The minimum absolute atomic E-state index is 0.0139. The zero-order valence-corrected chi connectivity index (χ0v) is 8.84. The predicted molar refractivity (Wildman–Crippen MR) is 54.9 cm³/mol. The van der Waals surface area contributed by atoms with E-state index in [1.807, 2.05) is 0 Å². The second-order valence-electron chi connectivity index (χ2n) is 4.03. The predicted octanol–water partition coefficient (Wildman–Crippen LogP) is 1.66. The van der Waals surface area contributed by atoms with Crippen LogP contribution in [0.25, 0.3) is 0 Å². The minimum Gasteiger partial charge on any atom is -0.356 e. The molecule has 0 aromatic heterocycles. The molecule has 0 aliphatic heterocycles. The average Bonchev–Trinajstić information content (AvgIpc) is 2.15. The van der Waals surface area contributed by atoms with Crippen molar-refractivity contribution < 1.29 is 9.59 Å². The molecule has 14 heavy (non-hydrogen) atoms. The second-order valence-corrected chi connectivity index (χ2v) is 4.03. The first-order chi connectivity index (χ1) is 6.70. The van der Waals surface area contributed by atoms with Crippen molar-refractivity contribution in [1.29, 1.82) is 0 Å². The van der Waals surface area contributed by atoms with E-state index in [0.717, 1.165) is 32.1 Å². The van der Waals surface area contributed by atoms with Crippen LogP contribution in [0.3, 0.4) is 0 Å². The topological polar surface area (TPSA) is 46.2 Å². The number of nitrogens with one attached hydrogen (secondary N) is 1. The molecule has 0 heterocycles. The first-order valence-electron chi connectivity index (χ1n) is 5.47. The Balaban J connectivity index is 2.10. The Morgan fingerprint density at radius 2 is 2.29 bits per heavy atom. The molecule has 1 aliphatic carbocycles. The molecule has 0 aromatic rings. The van der Waals surface area contributed by atoms with Crippen LogP contribution in [0, 0.1) is 5.92 Å². The van der Waals surface area contributed by atoms with Crippen molar-refractivity contribution in [3.63, 3.8) is 0 Å². The summed E-state index contributed by atoms with van der Waals surface area (Å²) in [5.41, 5.74) is 0. The van der Waals surface area contributed by atoms with Gasteiger partial charge in [-0.15, -0.1) is 0 Å². The third kappa shape index (κ3) is 3.90. The molecule has 3 nitrogen and oxygen atoms in total. The quantitative estimate of drug-likeness (QED) is 0.697. The largest absolute Gasteiger partial charge is 0.356 e. The lowest BCUT2D eigenvalue weighted by Gasteiger charge is -2.20. The minimum atomic E-state index is 0.0139. The summed E-state index contributed by atoms with van der Waals surface area (Å²) in [5.74, 6) is 0.719. The maximum Gasteiger partial charge on any atom is 0.216 e. The molecule has 0 bridgehead atoms. The fourth-order valence-electron chi connectivity index (χ4n) is 1.97. The SMILES string of the molecule is CC(=O)NCCCC1CCCCC1=O. The number of rotatable bonds is 4. The van der Waals surface area contributed by atoms with Crippen molar-refractivity contribution in [2.24, 2.45) is 5.92 Å². The molecule has 1 rings (SSSR count). The van der Waals surface area contributed by atoms with Gasteiger partial charge in [0.2, 0.25) is 5.91 Å². The summed E-state index contributed by atoms with van der Waals surface area (Å²) in [5, 5.41) is 2.75. The van der Waals surface area contributed by atoms with Gasteiger partial charge in [-0.2, -0.15) is 0 Å². The molecule has 1 saturated carbocycles. The third-order valence-corrected chi connectivity index (χ3v) is 2.78. The van der Waals surface area contributed by atoms with Gasteiger partial charge in [-0.1, -0.05) is 6.42 Å². The van der Waals surface area contributed by atoms with Crippen LogP contribution in [-0.4, -0.2) is 18.2 Å². The maximum absolute atomic E-state index is 11.4. The van der Waals surface area contributed by atoms with E-state index in [2.05, 4.69) is 5.32 Å². The lowest BCUT2D eigenvalue weighted by molar-refractivity contribution is -0.124. The van der Waals surface area contributed by atoms with Crippen LogP contribution in [0.2, 0.25) is 0 Å².